The number of rotatable bonds is 12. The van der Waals surface area contributed by atoms with E-state index in [0.29, 0.717) is 11.5 Å². The average molecular weight is 632 g/mol. The van der Waals surface area contributed by atoms with Crippen molar-refractivity contribution in [1.82, 2.24) is 19.1 Å². The van der Waals surface area contributed by atoms with Gasteiger partial charge in [-0.25, -0.2) is 9.97 Å². The van der Waals surface area contributed by atoms with Crippen molar-refractivity contribution in [3.8, 4) is 22.0 Å². The maximum Gasteiger partial charge on any atom is 0.311 e. The van der Waals surface area contributed by atoms with E-state index in [2.05, 4.69) is 15.3 Å². The number of imidazole rings is 2. The molecule has 10 heteroatoms. The third-order valence-electron chi connectivity index (χ3n) is 8.10. The first-order valence-electron chi connectivity index (χ1n) is 14.8. The number of anilines is 2. The number of para-hydroxylation sites is 1. The number of carbonyl (C=O) groups is 2. The van der Waals surface area contributed by atoms with Gasteiger partial charge in [0.25, 0.3) is 0 Å². The lowest BCUT2D eigenvalue weighted by Crippen LogP contribution is -2.35. The summed E-state index contributed by atoms with van der Waals surface area (Å²) in [6, 6.07) is 28.1. The largest absolute Gasteiger partial charge is 0.481 e. The zero-order valence-electron chi connectivity index (χ0n) is 25.3. The van der Waals surface area contributed by atoms with Gasteiger partial charge < -0.3 is 24.7 Å². The van der Waals surface area contributed by atoms with Gasteiger partial charge in [0, 0.05) is 35.5 Å². The monoisotopic (exact) mass is 631 g/mol. The maximum absolute atomic E-state index is 12.5. The van der Waals surface area contributed by atoms with E-state index in [1.807, 2.05) is 118 Å². The van der Waals surface area contributed by atoms with Crippen LogP contribution in [0.4, 0.5) is 11.4 Å². The van der Waals surface area contributed by atoms with E-state index in [9.17, 15) is 19.8 Å². The van der Waals surface area contributed by atoms with E-state index in [1.165, 1.54) is 0 Å². The molecular formula is C36H33N5O4S. The second-order valence-electron chi connectivity index (χ2n) is 11.6. The summed E-state index contributed by atoms with van der Waals surface area (Å²) in [6.07, 6.45) is 6.88. The van der Waals surface area contributed by atoms with Crippen molar-refractivity contribution in [2.24, 2.45) is 5.41 Å². The molecule has 3 heterocycles. The quantitative estimate of drug-likeness (QED) is 0.125. The summed E-state index contributed by atoms with van der Waals surface area (Å²) >= 11 is 1.55. The Hall–Kier alpha value is -5.48. The first kappa shape index (κ1) is 30.5. The topological polar surface area (TPSA) is 122 Å². The third-order valence-corrected chi connectivity index (χ3v) is 8.97. The third kappa shape index (κ3) is 6.33. The molecule has 0 spiro atoms. The number of benzene rings is 3. The van der Waals surface area contributed by atoms with E-state index in [-0.39, 0.29) is 6.42 Å². The number of hydrogen-bond donors (Lipinski definition) is 3. The van der Waals surface area contributed by atoms with Crippen LogP contribution in [0.2, 0.25) is 0 Å². The summed E-state index contributed by atoms with van der Waals surface area (Å²) in [7, 11) is 0. The second-order valence-corrected chi connectivity index (χ2v) is 12.6. The highest BCUT2D eigenvalue weighted by atomic mass is 32.1. The fourth-order valence-corrected chi connectivity index (χ4v) is 6.48. The molecule has 3 N–H and O–H groups in total. The minimum Gasteiger partial charge on any atom is -0.481 e. The van der Waals surface area contributed by atoms with Gasteiger partial charge in [0.1, 0.15) is 0 Å². The van der Waals surface area contributed by atoms with Gasteiger partial charge in [-0.15, -0.1) is 11.3 Å². The molecule has 0 saturated heterocycles. The van der Waals surface area contributed by atoms with Crippen LogP contribution in [0.25, 0.3) is 22.0 Å². The molecule has 0 aliphatic heterocycles. The van der Waals surface area contributed by atoms with Crippen LogP contribution in [0.5, 0.6) is 0 Å². The molecule has 0 aliphatic rings. The maximum atomic E-state index is 12.5. The molecule has 0 saturated carbocycles. The SMILES string of the molecule is CC(C)(C(=O)O)C(c1ccc(Nc2ccccc2)cc1)n1cnc(-c2cccc(C(CC(=O)O)n3ccnc3-c3cccs3)c2)c1. The summed E-state index contributed by atoms with van der Waals surface area (Å²) < 4.78 is 3.74. The van der Waals surface area contributed by atoms with Crippen LogP contribution >= 0.6 is 11.3 Å². The molecule has 2 unspecified atom stereocenters. The van der Waals surface area contributed by atoms with Gasteiger partial charge in [-0.2, -0.15) is 0 Å². The molecule has 0 aliphatic carbocycles. The predicted molar refractivity (Wildman–Crippen MR) is 179 cm³/mol. The lowest BCUT2D eigenvalue weighted by molar-refractivity contribution is -0.148. The summed E-state index contributed by atoms with van der Waals surface area (Å²) in [6.45, 7) is 3.42. The number of carboxylic acids is 2. The highest BCUT2D eigenvalue weighted by Gasteiger charge is 2.39. The van der Waals surface area contributed by atoms with Crippen LogP contribution in [-0.2, 0) is 9.59 Å². The van der Waals surface area contributed by atoms with Gasteiger partial charge in [0.15, 0.2) is 5.82 Å². The Labute approximate surface area is 270 Å². The number of nitrogens with one attached hydrogen (secondary N) is 1. The number of aliphatic carboxylic acids is 2. The zero-order chi connectivity index (χ0) is 32.3. The standard InChI is InChI=1S/C36H33N5O4S/c1-36(2,35(44)45)33(24-13-15-28(16-14-24)39-27-10-4-3-5-11-27)40-22-29(38-23-40)25-8-6-9-26(20-25)30(21-32(42)43)41-18-17-37-34(41)31-12-7-19-46-31/h3-20,22-23,30,33,39H,21H2,1-2H3,(H,42,43)(H,44,45). The molecule has 6 aromatic rings. The fourth-order valence-electron chi connectivity index (χ4n) is 5.75. The molecule has 3 aromatic carbocycles. The normalized spacial score (nSPS) is 12.8. The van der Waals surface area contributed by atoms with Gasteiger partial charge in [-0.3, -0.25) is 9.59 Å². The zero-order valence-corrected chi connectivity index (χ0v) is 26.1. The van der Waals surface area contributed by atoms with Crippen molar-refractivity contribution in [2.75, 3.05) is 5.32 Å². The molecule has 0 fully saturated rings. The first-order valence-corrected chi connectivity index (χ1v) is 15.7. The van der Waals surface area contributed by atoms with E-state index < -0.39 is 29.4 Å². The second kappa shape index (κ2) is 12.9. The van der Waals surface area contributed by atoms with Crippen molar-refractivity contribution >= 4 is 34.7 Å². The highest BCUT2D eigenvalue weighted by molar-refractivity contribution is 7.13. The van der Waals surface area contributed by atoms with E-state index in [4.69, 9.17) is 0 Å². The molecule has 3 aromatic heterocycles. The summed E-state index contributed by atoms with van der Waals surface area (Å²) in [4.78, 5) is 34.7. The minimum absolute atomic E-state index is 0.128. The van der Waals surface area contributed by atoms with Crippen molar-refractivity contribution < 1.29 is 19.8 Å². The van der Waals surface area contributed by atoms with Crippen molar-refractivity contribution in [1.29, 1.82) is 0 Å². The molecule has 46 heavy (non-hydrogen) atoms. The summed E-state index contributed by atoms with van der Waals surface area (Å²) in [5, 5.41) is 25.4. The Morgan fingerprint density at radius 1 is 0.891 bits per heavy atom. The van der Waals surface area contributed by atoms with Gasteiger partial charge >= 0.3 is 11.9 Å². The number of carboxylic acid groups (broad SMARTS) is 2. The van der Waals surface area contributed by atoms with Gasteiger partial charge in [-0.05, 0) is 66.8 Å². The molecule has 0 radical (unpaired) electrons. The van der Waals surface area contributed by atoms with E-state index in [1.54, 1.807) is 37.7 Å². The summed E-state index contributed by atoms with van der Waals surface area (Å²) in [5.41, 5.74) is 3.75. The number of aromatic nitrogens is 4. The van der Waals surface area contributed by atoms with E-state index >= 15 is 0 Å². The molecule has 9 nitrogen and oxygen atoms in total. The smallest absolute Gasteiger partial charge is 0.311 e. The van der Waals surface area contributed by atoms with Gasteiger partial charge in [0.2, 0.25) is 0 Å². The Balaban J connectivity index is 1.33. The fraction of sp³-hybridized carbons (Fsp3) is 0.167. The Kier molecular flexibility index (Phi) is 8.54. The molecule has 2 atom stereocenters. The predicted octanol–water partition coefficient (Wildman–Crippen LogP) is 7.98. The number of hydrogen-bond acceptors (Lipinski definition) is 6. The Bertz CT molecular complexity index is 1950. The van der Waals surface area contributed by atoms with Crippen LogP contribution in [0.3, 0.4) is 0 Å². The molecular weight excluding hydrogens is 598 g/mol. The average Bonchev–Trinajstić information content (AvgIpc) is 3.84. The molecule has 6 rings (SSSR count). The van der Waals surface area contributed by atoms with Crippen LogP contribution in [0.1, 0.15) is 43.5 Å². The van der Waals surface area contributed by atoms with Crippen LogP contribution in [-0.4, -0.2) is 41.3 Å². The van der Waals surface area contributed by atoms with Gasteiger partial charge in [0.05, 0.1) is 40.8 Å². The Morgan fingerprint density at radius 2 is 1.65 bits per heavy atom. The first-order chi connectivity index (χ1) is 22.2. The van der Waals surface area contributed by atoms with Crippen molar-refractivity contribution in [3.05, 3.63) is 132 Å². The van der Waals surface area contributed by atoms with Crippen LogP contribution < -0.4 is 5.32 Å². The molecule has 232 valence electrons. The van der Waals surface area contributed by atoms with Crippen molar-refractivity contribution in [3.63, 3.8) is 0 Å². The molecule has 0 bridgehead atoms. The lowest BCUT2D eigenvalue weighted by atomic mass is 9.80. The Morgan fingerprint density at radius 3 is 2.35 bits per heavy atom. The van der Waals surface area contributed by atoms with Crippen LogP contribution in [0.15, 0.2) is 121 Å². The van der Waals surface area contributed by atoms with E-state index in [0.717, 1.165) is 32.9 Å². The van der Waals surface area contributed by atoms with Crippen LogP contribution in [0, 0.1) is 5.41 Å². The highest BCUT2D eigenvalue weighted by Crippen LogP contribution is 2.39. The lowest BCUT2D eigenvalue weighted by Gasteiger charge is -2.32. The minimum atomic E-state index is -1.17. The summed E-state index contributed by atoms with van der Waals surface area (Å²) in [5.74, 6) is -1.14. The number of nitrogens with zero attached hydrogens (tertiary/aromatic N) is 4. The van der Waals surface area contributed by atoms with Gasteiger partial charge in [-0.1, -0.05) is 54.6 Å². The van der Waals surface area contributed by atoms with Crippen molar-refractivity contribution in [2.45, 2.75) is 32.4 Å². The molecule has 0 amide bonds. The number of thiophene rings is 1.